The number of nitrogens with one attached hydrogen (secondary N) is 2. The second-order valence-electron chi connectivity index (χ2n) is 2.33. The van der Waals surface area contributed by atoms with E-state index in [1.165, 1.54) is 0 Å². The van der Waals surface area contributed by atoms with Crippen LogP contribution in [0.15, 0.2) is 24.3 Å². The van der Waals surface area contributed by atoms with Gasteiger partial charge in [-0.2, -0.15) is 0 Å². The quantitative estimate of drug-likeness (QED) is 0.559. The van der Waals surface area contributed by atoms with Crippen LogP contribution in [0.4, 0.5) is 0 Å². The van der Waals surface area contributed by atoms with E-state index in [0.29, 0.717) is 5.56 Å². The van der Waals surface area contributed by atoms with Crippen molar-refractivity contribution < 1.29 is 4.79 Å². The van der Waals surface area contributed by atoms with E-state index >= 15 is 0 Å². The maximum atomic E-state index is 11.1. The Labute approximate surface area is 64.4 Å². The Morgan fingerprint density at radius 2 is 2.00 bits per heavy atom. The fourth-order valence-electron chi connectivity index (χ4n) is 1.08. The number of benzene rings is 1. The Hall–Kier alpha value is -1.35. The third kappa shape index (κ3) is 0.991. The van der Waals surface area contributed by atoms with Crippen molar-refractivity contribution in [2.75, 3.05) is 0 Å². The molecule has 0 aromatic heterocycles. The van der Waals surface area contributed by atoms with E-state index in [-0.39, 0.29) is 5.91 Å². The molecule has 0 spiro atoms. The van der Waals surface area contributed by atoms with E-state index in [1.54, 1.807) is 12.6 Å². The van der Waals surface area contributed by atoms with Gasteiger partial charge in [0.2, 0.25) is 0 Å². The van der Waals surface area contributed by atoms with Crippen LogP contribution in [0.1, 0.15) is 15.9 Å². The van der Waals surface area contributed by atoms with Gasteiger partial charge in [-0.15, -0.1) is 0 Å². The van der Waals surface area contributed by atoms with Crippen molar-refractivity contribution in [2.45, 2.75) is 0 Å². The molecule has 0 aliphatic carbocycles. The summed E-state index contributed by atoms with van der Waals surface area (Å²) in [5.74, 6) is -0.0805. The van der Waals surface area contributed by atoms with Crippen molar-refractivity contribution in [1.82, 2.24) is 10.9 Å². The van der Waals surface area contributed by atoms with Crippen LogP contribution in [0.5, 0.6) is 0 Å². The molecule has 2 rings (SSSR count). The number of amides is 1. The van der Waals surface area contributed by atoms with Crippen molar-refractivity contribution in [3.8, 4) is 0 Å². The number of carbonyl (C=O) groups is 1. The molecule has 0 atom stereocenters. The molecule has 11 heavy (non-hydrogen) atoms. The number of carbonyl (C=O) groups excluding carboxylic acids is 1. The molecule has 55 valence electrons. The van der Waals surface area contributed by atoms with Gasteiger partial charge < -0.3 is 0 Å². The molecule has 1 heterocycles. The molecule has 1 radical (unpaired) electrons. The van der Waals surface area contributed by atoms with Gasteiger partial charge in [-0.3, -0.25) is 10.2 Å². The summed E-state index contributed by atoms with van der Waals surface area (Å²) in [6, 6.07) is 7.43. The van der Waals surface area contributed by atoms with Gasteiger partial charge in [-0.1, -0.05) is 18.2 Å². The van der Waals surface area contributed by atoms with E-state index in [9.17, 15) is 4.79 Å². The van der Waals surface area contributed by atoms with Crippen LogP contribution in [0, 0.1) is 6.54 Å². The third-order valence-corrected chi connectivity index (χ3v) is 1.62. The lowest BCUT2D eigenvalue weighted by atomic mass is 10.1. The fraction of sp³-hybridized carbons (Fsp3) is 0. The first-order valence-corrected chi connectivity index (χ1v) is 3.36. The third-order valence-electron chi connectivity index (χ3n) is 1.62. The lowest BCUT2D eigenvalue weighted by molar-refractivity contribution is 0.0931. The highest BCUT2D eigenvalue weighted by Crippen LogP contribution is 2.11. The van der Waals surface area contributed by atoms with Gasteiger partial charge in [0.1, 0.15) is 0 Å². The first kappa shape index (κ1) is 6.37. The van der Waals surface area contributed by atoms with E-state index in [1.807, 2.05) is 18.2 Å². The van der Waals surface area contributed by atoms with Gasteiger partial charge >= 0.3 is 0 Å². The average molecular weight is 147 g/mol. The van der Waals surface area contributed by atoms with Crippen LogP contribution in [0.25, 0.3) is 0 Å². The molecule has 3 heteroatoms. The second kappa shape index (κ2) is 2.36. The van der Waals surface area contributed by atoms with Crippen LogP contribution in [0.3, 0.4) is 0 Å². The van der Waals surface area contributed by atoms with Gasteiger partial charge in [0.25, 0.3) is 5.91 Å². The van der Waals surface area contributed by atoms with Crippen LogP contribution >= 0.6 is 0 Å². The van der Waals surface area contributed by atoms with Gasteiger partial charge in [0, 0.05) is 5.56 Å². The summed E-state index contributed by atoms with van der Waals surface area (Å²) < 4.78 is 0. The number of hydrogen-bond donors (Lipinski definition) is 2. The van der Waals surface area contributed by atoms with Gasteiger partial charge in [0.05, 0.1) is 6.54 Å². The summed E-state index contributed by atoms with van der Waals surface area (Å²) in [6.07, 6.45) is 0. The largest absolute Gasteiger partial charge is 0.287 e. The monoisotopic (exact) mass is 147 g/mol. The molecular weight excluding hydrogens is 140 g/mol. The van der Waals surface area contributed by atoms with E-state index in [2.05, 4.69) is 10.9 Å². The van der Waals surface area contributed by atoms with Crippen molar-refractivity contribution in [2.24, 2.45) is 0 Å². The van der Waals surface area contributed by atoms with Crippen LogP contribution < -0.4 is 10.9 Å². The maximum absolute atomic E-state index is 11.1. The molecule has 1 aliphatic heterocycles. The molecule has 0 bridgehead atoms. The Bertz CT molecular complexity index is 296. The van der Waals surface area contributed by atoms with Crippen LogP contribution in [0.2, 0.25) is 0 Å². The Kier molecular flexibility index (Phi) is 1.36. The van der Waals surface area contributed by atoms with Crippen molar-refractivity contribution in [3.63, 3.8) is 0 Å². The summed E-state index contributed by atoms with van der Waals surface area (Å²) in [4.78, 5) is 11.1. The smallest absolute Gasteiger partial charge is 0.265 e. The molecule has 0 saturated carbocycles. The predicted octanol–water partition coefficient (Wildman–Crippen LogP) is 0.444. The summed E-state index contributed by atoms with van der Waals surface area (Å²) in [5.41, 5.74) is 6.80. The van der Waals surface area contributed by atoms with Gasteiger partial charge in [0.15, 0.2) is 0 Å². The number of hydrogen-bond acceptors (Lipinski definition) is 2. The minimum Gasteiger partial charge on any atom is -0.287 e. The molecule has 0 fully saturated rings. The lowest BCUT2D eigenvalue weighted by Gasteiger charge is -2.15. The molecule has 0 unspecified atom stereocenters. The zero-order valence-corrected chi connectivity index (χ0v) is 5.79. The molecule has 1 aromatic carbocycles. The minimum absolute atomic E-state index is 0.0805. The molecule has 1 amide bonds. The Morgan fingerprint density at radius 1 is 1.18 bits per heavy atom. The molecular formula is C8H7N2O. The molecule has 1 aliphatic rings. The molecule has 2 N–H and O–H groups in total. The molecule has 1 aromatic rings. The zero-order valence-electron chi connectivity index (χ0n) is 5.79. The first-order valence-electron chi connectivity index (χ1n) is 3.36. The van der Waals surface area contributed by atoms with Crippen LogP contribution in [-0.2, 0) is 0 Å². The second-order valence-corrected chi connectivity index (χ2v) is 2.33. The molecule has 3 nitrogen and oxygen atoms in total. The summed E-state index contributed by atoms with van der Waals surface area (Å²) >= 11 is 0. The number of hydrazine groups is 1. The predicted molar refractivity (Wildman–Crippen MR) is 40.4 cm³/mol. The average Bonchev–Trinajstić information content (AvgIpc) is 2.06. The van der Waals surface area contributed by atoms with E-state index < -0.39 is 0 Å². The van der Waals surface area contributed by atoms with Gasteiger partial charge in [-0.05, 0) is 11.6 Å². The first-order chi connectivity index (χ1) is 5.38. The van der Waals surface area contributed by atoms with Crippen molar-refractivity contribution in [3.05, 3.63) is 41.9 Å². The number of rotatable bonds is 0. The van der Waals surface area contributed by atoms with E-state index in [0.717, 1.165) is 5.56 Å². The lowest BCUT2D eigenvalue weighted by Crippen LogP contribution is -2.40. The highest BCUT2D eigenvalue weighted by Gasteiger charge is 2.14. The Balaban J connectivity index is 2.52. The zero-order chi connectivity index (χ0) is 7.68. The van der Waals surface area contributed by atoms with E-state index in [4.69, 9.17) is 0 Å². The summed E-state index contributed by atoms with van der Waals surface area (Å²) in [5, 5.41) is 0. The minimum atomic E-state index is -0.0805. The highest BCUT2D eigenvalue weighted by molar-refractivity contribution is 5.96. The van der Waals surface area contributed by atoms with Crippen LogP contribution in [-0.4, -0.2) is 5.91 Å². The maximum Gasteiger partial charge on any atom is 0.265 e. The summed E-state index contributed by atoms with van der Waals surface area (Å²) in [7, 11) is 0. The van der Waals surface area contributed by atoms with Crippen molar-refractivity contribution in [1.29, 1.82) is 0 Å². The molecule has 0 saturated heterocycles. The normalized spacial score (nSPS) is 15.5. The van der Waals surface area contributed by atoms with Crippen molar-refractivity contribution >= 4 is 5.91 Å². The standard InChI is InChI=1S/C8H7N2O/c11-8-7-4-2-1-3-6(7)5-9-10-8/h1-5,9H,(H,10,11). The summed E-state index contributed by atoms with van der Waals surface area (Å²) in [6.45, 7) is 1.76. The fourth-order valence-corrected chi connectivity index (χ4v) is 1.08. The SMILES string of the molecule is O=C1NN[CH]c2ccccc21. The highest BCUT2D eigenvalue weighted by atomic mass is 16.2. The topological polar surface area (TPSA) is 41.1 Å². The van der Waals surface area contributed by atoms with Gasteiger partial charge in [-0.25, -0.2) is 5.43 Å². The Morgan fingerprint density at radius 3 is 2.82 bits per heavy atom. The number of fused-ring (bicyclic) bond motifs is 1.